The predicted octanol–water partition coefficient (Wildman–Crippen LogP) is 3.40. The zero-order chi connectivity index (χ0) is 12.9. The van der Waals surface area contributed by atoms with Gasteiger partial charge in [-0.15, -0.1) is 0 Å². The molecule has 0 aromatic heterocycles. The van der Waals surface area contributed by atoms with E-state index in [4.69, 9.17) is 4.74 Å². The molecule has 1 rings (SSSR count). The predicted molar refractivity (Wildman–Crippen MR) is 74.5 cm³/mol. The van der Waals surface area contributed by atoms with Crippen LogP contribution < -0.4 is 10.1 Å². The van der Waals surface area contributed by atoms with Crippen LogP contribution in [0.4, 0.5) is 0 Å². The molecule has 0 aliphatic carbocycles. The second-order valence-electron chi connectivity index (χ2n) is 5.26. The van der Waals surface area contributed by atoms with Crippen molar-refractivity contribution in [1.82, 2.24) is 5.32 Å². The third-order valence-electron chi connectivity index (χ3n) is 2.48. The van der Waals surface area contributed by atoms with Gasteiger partial charge in [0, 0.05) is 12.1 Å². The molecule has 0 radical (unpaired) electrons. The van der Waals surface area contributed by atoms with Crippen molar-refractivity contribution < 1.29 is 4.74 Å². The molecule has 1 aromatic rings. The largest absolute Gasteiger partial charge is 0.496 e. The normalized spacial score (nSPS) is 12.1. The lowest BCUT2D eigenvalue weighted by Gasteiger charge is -2.18. The molecule has 2 nitrogen and oxygen atoms in total. The van der Waals surface area contributed by atoms with Crippen molar-refractivity contribution in [2.75, 3.05) is 13.7 Å². The lowest BCUT2D eigenvalue weighted by molar-refractivity contribution is 0.411. The molecular formula is C15H23NO. The zero-order valence-electron chi connectivity index (χ0n) is 11.5. The minimum Gasteiger partial charge on any atom is -0.496 e. The van der Waals surface area contributed by atoms with E-state index in [0.29, 0.717) is 0 Å². The van der Waals surface area contributed by atoms with Crippen LogP contribution >= 0.6 is 0 Å². The quantitative estimate of drug-likeness (QED) is 0.860. The number of methoxy groups -OCH3 is 1. The van der Waals surface area contributed by atoms with Crippen molar-refractivity contribution in [2.24, 2.45) is 0 Å². The van der Waals surface area contributed by atoms with Gasteiger partial charge in [-0.1, -0.05) is 18.2 Å². The van der Waals surface area contributed by atoms with Gasteiger partial charge in [-0.05, 0) is 51.0 Å². The Hall–Kier alpha value is -1.28. The van der Waals surface area contributed by atoms with Crippen LogP contribution in [0.15, 0.2) is 24.3 Å². The molecule has 0 atom stereocenters. The summed E-state index contributed by atoms with van der Waals surface area (Å²) in [5.41, 5.74) is 2.54. The first kappa shape index (κ1) is 13.8. The molecular weight excluding hydrogens is 210 g/mol. The minimum atomic E-state index is 0.167. The molecule has 0 amide bonds. The Bertz CT molecular complexity index is 388. The Labute approximate surface area is 105 Å². The molecule has 0 bridgehead atoms. The lowest BCUT2D eigenvalue weighted by atomic mass is 10.1. The average molecular weight is 233 g/mol. The summed E-state index contributed by atoms with van der Waals surface area (Å²) < 4.78 is 5.23. The first-order chi connectivity index (χ1) is 7.92. The van der Waals surface area contributed by atoms with Gasteiger partial charge in [0.1, 0.15) is 5.75 Å². The Balaban J connectivity index is 2.57. The highest BCUT2D eigenvalue weighted by molar-refractivity contribution is 5.53. The fourth-order valence-electron chi connectivity index (χ4n) is 1.57. The van der Waals surface area contributed by atoms with Crippen LogP contribution in [-0.4, -0.2) is 19.2 Å². The molecule has 1 N–H and O–H groups in total. The molecule has 0 fully saturated rings. The summed E-state index contributed by atoms with van der Waals surface area (Å²) in [6.07, 6.45) is 4.28. The summed E-state index contributed by atoms with van der Waals surface area (Å²) in [5.74, 6) is 0.940. The number of nitrogens with one attached hydrogen (secondary N) is 1. The van der Waals surface area contributed by atoms with Crippen LogP contribution in [0.5, 0.6) is 5.75 Å². The standard InChI is InChI=1S/C15H23NO/c1-12-11-13(8-9-14(12)17-5)7-6-10-16-15(2,3)4/h6-9,11,16H,10H2,1-5H3. The van der Waals surface area contributed by atoms with Crippen LogP contribution in [0.25, 0.3) is 6.08 Å². The van der Waals surface area contributed by atoms with Crippen LogP contribution in [-0.2, 0) is 0 Å². The number of ether oxygens (including phenoxy) is 1. The fraction of sp³-hybridized carbons (Fsp3) is 0.467. The lowest BCUT2D eigenvalue weighted by Crippen LogP contribution is -2.35. The highest BCUT2D eigenvalue weighted by Gasteiger charge is 2.05. The number of hydrogen-bond donors (Lipinski definition) is 1. The molecule has 0 heterocycles. The number of benzene rings is 1. The molecule has 17 heavy (non-hydrogen) atoms. The highest BCUT2D eigenvalue weighted by Crippen LogP contribution is 2.19. The van der Waals surface area contributed by atoms with Gasteiger partial charge < -0.3 is 10.1 Å². The third-order valence-corrected chi connectivity index (χ3v) is 2.48. The van der Waals surface area contributed by atoms with Gasteiger partial charge in [0.15, 0.2) is 0 Å². The van der Waals surface area contributed by atoms with Gasteiger partial charge in [0.05, 0.1) is 7.11 Å². The molecule has 0 aliphatic rings. The van der Waals surface area contributed by atoms with Crippen molar-refractivity contribution in [3.8, 4) is 5.75 Å². The van der Waals surface area contributed by atoms with Crippen LogP contribution in [0.3, 0.4) is 0 Å². The van der Waals surface area contributed by atoms with Crippen molar-refractivity contribution in [2.45, 2.75) is 33.2 Å². The van der Waals surface area contributed by atoms with E-state index >= 15 is 0 Å². The molecule has 2 heteroatoms. The van der Waals surface area contributed by atoms with Crippen molar-refractivity contribution in [1.29, 1.82) is 0 Å². The summed E-state index contributed by atoms with van der Waals surface area (Å²) in [6, 6.07) is 6.21. The second-order valence-corrected chi connectivity index (χ2v) is 5.26. The van der Waals surface area contributed by atoms with E-state index in [2.05, 4.69) is 57.3 Å². The minimum absolute atomic E-state index is 0.167. The van der Waals surface area contributed by atoms with E-state index in [1.165, 1.54) is 11.1 Å². The average Bonchev–Trinajstić information content (AvgIpc) is 2.23. The molecule has 0 unspecified atom stereocenters. The summed E-state index contributed by atoms with van der Waals surface area (Å²) in [4.78, 5) is 0. The summed E-state index contributed by atoms with van der Waals surface area (Å²) in [5, 5.41) is 3.42. The SMILES string of the molecule is COc1ccc(C=CCNC(C)(C)C)cc1C. The van der Waals surface area contributed by atoms with Gasteiger partial charge in [-0.25, -0.2) is 0 Å². The molecule has 0 saturated heterocycles. The van der Waals surface area contributed by atoms with E-state index < -0.39 is 0 Å². The van der Waals surface area contributed by atoms with E-state index in [9.17, 15) is 0 Å². The van der Waals surface area contributed by atoms with E-state index in [0.717, 1.165) is 12.3 Å². The zero-order valence-corrected chi connectivity index (χ0v) is 11.5. The van der Waals surface area contributed by atoms with Gasteiger partial charge in [0.25, 0.3) is 0 Å². The van der Waals surface area contributed by atoms with Crippen LogP contribution in [0.2, 0.25) is 0 Å². The molecule has 1 aromatic carbocycles. The maximum absolute atomic E-state index is 5.23. The van der Waals surface area contributed by atoms with E-state index in [1.54, 1.807) is 7.11 Å². The molecule has 0 aliphatic heterocycles. The Morgan fingerprint density at radius 2 is 2.00 bits per heavy atom. The topological polar surface area (TPSA) is 21.3 Å². The van der Waals surface area contributed by atoms with Crippen molar-refractivity contribution >= 4 is 6.08 Å². The number of rotatable bonds is 4. The third kappa shape index (κ3) is 5.05. The second kappa shape index (κ2) is 5.87. The van der Waals surface area contributed by atoms with Gasteiger partial charge in [-0.3, -0.25) is 0 Å². The van der Waals surface area contributed by atoms with Crippen molar-refractivity contribution in [3.05, 3.63) is 35.4 Å². The Morgan fingerprint density at radius 1 is 1.29 bits per heavy atom. The summed E-state index contributed by atoms with van der Waals surface area (Å²) in [6.45, 7) is 9.44. The summed E-state index contributed by atoms with van der Waals surface area (Å²) >= 11 is 0. The fourth-order valence-corrected chi connectivity index (χ4v) is 1.57. The Morgan fingerprint density at radius 3 is 2.53 bits per heavy atom. The molecule has 94 valence electrons. The van der Waals surface area contributed by atoms with E-state index in [-0.39, 0.29) is 5.54 Å². The highest BCUT2D eigenvalue weighted by atomic mass is 16.5. The van der Waals surface area contributed by atoms with E-state index in [1.807, 2.05) is 6.07 Å². The first-order valence-electron chi connectivity index (χ1n) is 5.98. The smallest absolute Gasteiger partial charge is 0.121 e. The summed E-state index contributed by atoms with van der Waals surface area (Å²) in [7, 11) is 1.70. The van der Waals surface area contributed by atoms with Crippen molar-refractivity contribution in [3.63, 3.8) is 0 Å². The maximum Gasteiger partial charge on any atom is 0.121 e. The van der Waals surface area contributed by atoms with Gasteiger partial charge >= 0.3 is 0 Å². The molecule has 0 spiro atoms. The monoisotopic (exact) mass is 233 g/mol. The first-order valence-corrected chi connectivity index (χ1v) is 5.98. The van der Waals surface area contributed by atoms with Crippen LogP contribution in [0.1, 0.15) is 31.9 Å². The maximum atomic E-state index is 5.23. The van der Waals surface area contributed by atoms with Gasteiger partial charge in [0.2, 0.25) is 0 Å². The number of hydrogen-bond acceptors (Lipinski definition) is 2. The van der Waals surface area contributed by atoms with Gasteiger partial charge in [-0.2, -0.15) is 0 Å². The Kier molecular flexibility index (Phi) is 4.76. The number of aryl methyl sites for hydroxylation is 1. The van der Waals surface area contributed by atoms with Crippen LogP contribution in [0, 0.1) is 6.92 Å². The molecule has 0 saturated carbocycles.